The molecule has 0 amide bonds. The van der Waals surface area contributed by atoms with Crippen LogP contribution in [0.25, 0.3) is 0 Å². The zero-order valence-corrected chi connectivity index (χ0v) is 6.95. The van der Waals surface area contributed by atoms with Crippen molar-refractivity contribution < 1.29 is 23.6 Å². The number of allylic oxidation sites excluding steroid dienone is 2. The van der Waals surface area contributed by atoms with Crippen LogP contribution in [0.5, 0.6) is 0 Å². The fourth-order valence-electron chi connectivity index (χ4n) is 1.21. The Balaban J connectivity index is 2.99. The number of ether oxygens (including phenoxy) is 1. The third-order valence-electron chi connectivity index (χ3n) is 1.91. The minimum Gasteiger partial charge on any atom is -0.426 e. The Kier molecular flexibility index (Phi) is 2.85. The van der Waals surface area contributed by atoms with Gasteiger partial charge in [0.1, 0.15) is 11.6 Å². The van der Waals surface area contributed by atoms with Crippen molar-refractivity contribution in [3.8, 4) is 0 Å². The molecule has 1 aliphatic carbocycles. The van der Waals surface area contributed by atoms with Crippen molar-refractivity contribution in [2.24, 2.45) is 0 Å². The first-order valence-electron chi connectivity index (χ1n) is 3.66. The molecule has 0 aromatic rings. The predicted octanol–water partition coefficient (Wildman–Crippen LogP) is 0.565. The van der Waals surface area contributed by atoms with Crippen LogP contribution in [-0.2, 0) is 4.74 Å². The molecule has 0 radical (unpaired) electrons. The molecule has 0 aliphatic heterocycles. The summed E-state index contributed by atoms with van der Waals surface area (Å²) in [6.07, 6.45) is 3.01. The maximum atomic E-state index is 13.6. The lowest BCUT2D eigenvalue weighted by Crippen LogP contribution is -2.40. The van der Waals surface area contributed by atoms with Gasteiger partial charge in [-0.25, -0.2) is 8.78 Å². The highest BCUT2D eigenvalue weighted by molar-refractivity contribution is 6.44. The molecule has 0 bridgehead atoms. The average Bonchev–Trinajstić information content (AvgIpc) is 2.03. The summed E-state index contributed by atoms with van der Waals surface area (Å²) in [5.41, 5.74) is 0. The standard InChI is InChI=1S/C7H9BF2O3/c1-13-7(10)4-2-3-5(9)6(7)8(11)12/h2-4,6,11-12H,1H3. The largest absolute Gasteiger partial charge is 0.468 e. The molecule has 1 rings (SSSR count). The first kappa shape index (κ1) is 10.4. The summed E-state index contributed by atoms with van der Waals surface area (Å²) in [4.78, 5) is 0. The molecule has 0 heterocycles. The first-order chi connectivity index (χ1) is 6.01. The van der Waals surface area contributed by atoms with Gasteiger partial charge in [0.05, 0.1) is 0 Å². The summed E-state index contributed by atoms with van der Waals surface area (Å²) < 4.78 is 30.9. The fraction of sp³-hybridized carbons (Fsp3) is 0.429. The molecule has 72 valence electrons. The highest BCUT2D eigenvalue weighted by Gasteiger charge is 2.48. The Morgan fingerprint density at radius 2 is 2.23 bits per heavy atom. The van der Waals surface area contributed by atoms with Gasteiger partial charge in [-0.3, -0.25) is 0 Å². The minimum atomic E-state index is -2.49. The molecule has 2 unspecified atom stereocenters. The van der Waals surface area contributed by atoms with Gasteiger partial charge in [-0.15, -0.1) is 0 Å². The van der Waals surface area contributed by atoms with Crippen molar-refractivity contribution in [3.63, 3.8) is 0 Å². The maximum absolute atomic E-state index is 13.6. The van der Waals surface area contributed by atoms with Crippen molar-refractivity contribution in [2.75, 3.05) is 7.11 Å². The normalized spacial score (nSPS) is 33.0. The molecule has 0 spiro atoms. The number of rotatable bonds is 2. The molecule has 0 aromatic heterocycles. The van der Waals surface area contributed by atoms with E-state index in [-0.39, 0.29) is 0 Å². The molecular formula is C7H9BF2O3. The number of alkyl halides is 1. The molecule has 6 heteroatoms. The van der Waals surface area contributed by atoms with E-state index in [1.54, 1.807) is 0 Å². The van der Waals surface area contributed by atoms with Crippen LogP contribution in [-0.4, -0.2) is 30.1 Å². The van der Waals surface area contributed by atoms with Gasteiger partial charge in [-0.1, -0.05) is 6.08 Å². The van der Waals surface area contributed by atoms with E-state index in [2.05, 4.69) is 4.74 Å². The molecule has 0 saturated carbocycles. The lowest BCUT2D eigenvalue weighted by atomic mass is 9.66. The summed E-state index contributed by atoms with van der Waals surface area (Å²) in [5.74, 6) is -5.17. The summed E-state index contributed by atoms with van der Waals surface area (Å²) in [6, 6.07) is 0. The number of methoxy groups -OCH3 is 1. The summed E-state index contributed by atoms with van der Waals surface area (Å²) in [7, 11) is -1.11. The SMILES string of the molecule is COC1(F)C=CC=C(F)C1B(O)O. The van der Waals surface area contributed by atoms with Gasteiger partial charge < -0.3 is 14.8 Å². The zero-order valence-electron chi connectivity index (χ0n) is 6.95. The van der Waals surface area contributed by atoms with Crippen molar-refractivity contribution in [1.82, 2.24) is 0 Å². The summed E-state index contributed by atoms with van der Waals surface area (Å²) in [5, 5.41) is 17.5. The van der Waals surface area contributed by atoms with Crippen LogP contribution in [0.2, 0.25) is 5.82 Å². The second-order valence-corrected chi connectivity index (χ2v) is 2.70. The lowest BCUT2D eigenvalue weighted by molar-refractivity contribution is -0.0865. The number of hydrogen-bond acceptors (Lipinski definition) is 3. The molecule has 13 heavy (non-hydrogen) atoms. The predicted molar refractivity (Wildman–Crippen MR) is 43.1 cm³/mol. The average molecular weight is 190 g/mol. The van der Waals surface area contributed by atoms with E-state index in [1.807, 2.05) is 0 Å². The minimum absolute atomic E-state index is 0.931. The van der Waals surface area contributed by atoms with Gasteiger partial charge in [0.15, 0.2) is 0 Å². The Hall–Kier alpha value is -0.715. The molecule has 0 saturated heterocycles. The van der Waals surface area contributed by atoms with Gasteiger partial charge >= 0.3 is 7.12 Å². The summed E-state index contributed by atoms with van der Waals surface area (Å²) >= 11 is 0. The van der Waals surface area contributed by atoms with Crippen LogP contribution in [0.3, 0.4) is 0 Å². The van der Waals surface area contributed by atoms with Crippen LogP contribution in [0.1, 0.15) is 0 Å². The van der Waals surface area contributed by atoms with Gasteiger partial charge in [-0.2, -0.15) is 0 Å². The Morgan fingerprint density at radius 3 is 2.62 bits per heavy atom. The van der Waals surface area contributed by atoms with Crippen molar-refractivity contribution in [1.29, 1.82) is 0 Å². The first-order valence-corrected chi connectivity index (χ1v) is 3.66. The third-order valence-corrected chi connectivity index (χ3v) is 1.91. The van der Waals surface area contributed by atoms with Crippen molar-refractivity contribution in [2.45, 2.75) is 11.7 Å². The van der Waals surface area contributed by atoms with E-state index in [9.17, 15) is 8.78 Å². The Labute approximate surface area is 74.5 Å². The highest BCUT2D eigenvalue weighted by atomic mass is 19.2. The highest BCUT2D eigenvalue weighted by Crippen LogP contribution is 2.40. The van der Waals surface area contributed by atoms with E-state index < -0.39 is 24.6 Å². The van der Waals surface area contributed by atoms with E-state index in [0.29, 0.717) is 0 Å². The fourth-order valence-corrected chi connectivity index (χ4v) is 1.21. The molecule has 2 N–H and O–H groups in total. The van der Waals surface area contributed by atoms with Gasteiger partial charge in [0.2, 0.25) is 5.85 Å². The van der Waals surface area contributed by atoms with E-state index >= 15 is 0 Å². The van der Waals surface area contributed by atoms with Crippen LogP contribution >= 0.6 is 0 Å². The molecule has 1 aliphatic rings. The van der Waals surface area contributed by atoms with Gasteiger partial charge in [0.25, 0.3) is 0 Å². The molecule has 0 aromatic carbocycles. The van der Waals surface area contributed by atoms with E-state index in [0.717, 1.165) is 25.3 Å². The van der Waals surface area contributed by atoms with Gasteiger partial charge in [0, 0.05) is 7.11 Å². The third kappa shape index (κ3) is 1.79. The topological polar surface area (TPSA) is 49.7 Å². The van der Waals surface area contributed by atoms with Gasteiger partial charge in [-0.05, 0) is 12.2 Å². The second kappa shape index (κ2) is 3.57. The molecule has 3 nitrogen and oxygen atoms in total. The Bertz CT molecular complexity index is 254. The summed E-state index contributed by atoms with van der Waals surface area (Å²) in [6.45, 7) is 0. The Morgan fingerprint density at radius 1 is 1.62 bits per heavy atom. The number of halogens is 2. The second-order valence-electron chi connectivity index (χ2n) is 2.70. The van der Waals surface area contributed by atoms with Crippen molar-refractivity contribution >= 4 is 7.12 Å². The zero-order chi connectivity index (χ0) is 10.1. The molecule has 2 atom stereocenters. The van der Waals surface area contributed by atoms with Crippen LogP contribution in [0.15, 0.2) is 24.1 Å². The quantitative estimate of drug-likeness (QED) is 0.625. The molecular weight excluding hydrogens is 181 g/mol. The smallest absolute Gasteiger partial charge is 0.426 e. The van der Waals surface area contributed by atoms with E-state index in [1.165, 1.54) is 0 Å². The molecule has 0 fully saturated rings. The lowest BCUT2D eigenvalue weighted by Gasteiger charge is -2.29. The van der Waals surface area contributed by atoms with Crippen LogP contribution in [0, 0.1) is 0 Å². The maximum Gasteiger partial charge on any atom is 0.468 e. The van der Waals surface area contributed by atoms with Crippen LogP contribution in [0.4, 0.5) is 8.78 Å². The number of hydrogen-bond donors (Lipinski definition) is 2. The van der Waals surface area contributed by atoms with Crippen molar-refractivity contribution in [3.05, 3.63) is 24.1 Å². The van der Waals surface area contributed by atoms with E-state index in [4.69, 9.17) is 10.0 Å². The monoisotopic (exact) mass is 190 g/mol. The van der Waals surface area contributed by atoms with Crippen LogP contribution < -0.4 is 0 Å².